The molecule has 2 N–H and O–H groups in total. The summed E-state index contributed by atoms with van der Waals surface area (Å²) in [6.07, 6.45) is 1.22. The molecule has 0 rings (SSSR count). The van der Waals surface area contributed by atoms with Crippen molar-refractivity contribution < 1.29 is 9.59 Å². The van der Waals surface area contributed by atoms with E-state index in [9.17, 15) is 9.59 Å². The number of amides is 3. The second-order valence-electron chi connectivity index (χ2n) is 3.34. The predicted octanol–water partition coefficient (Wildman–Crippen LogP) is 1.27. The number of carbonyl (C=O) groups excluding carboxylic acids is 2. The van der Waals surface area contributed by atoms with E-state index in [0.29, 0.717) is 18.9 Å². The maximum atomic E-state index is 11.1. The molecule has 13 heavy (non-hydrogen) atoms. The monoisotopic (exact) mass is 186 g/mol. The van der Waals surface area contributed by atoms with E-state index in [-0.39, 0.29) is 5.91 Å². The van der Waals surface area contributed by atoms with Crippen LogP contribution in [0.4, 0.5) is 4.79 Å². The maximum Gasteiger partial charge on any atom is 0.321 e. The first-order valence-electron chi connectivity index (χ1n) is 4.64. The van der Waals surface area contributed by atoms with E-state index >= 15 is 0 Å². The summed E-state index contributed by atoms with van der Waals surface area (Å²) in [5.74, 6) is 0.277. The van der Waals surface area contributed by atoms with Gasteiger partial charge in [-0.25, -0.2) is 4.79 Å². The first-order valence-corrected chi connectivity index (χ1v) is 4.64. The molecule has 0 aliphatic heterocycles. The van der Waals surface area contributed by atoms with Crippen LogP contribution in [0.1, 0.15) is 33.6 Å². The van der Waals surface area contributed by atoms with Gasteiger partial charge in [0.05, 0.1) is 0 Å². The molecule has 0 aromatic rings. The largest absolute Gasteiger partial charge is 0.338 e. The van der Waals surface area contributed by atoms with Crippen LogP contribution in [0, 0.1) is 5.92 Å². The lowest BCUT2D eigenvalue weighted by atomic mass is 10.1. The maximum absolute atomic E-state index is 11.1. The minimum atomic E-state index is -0.406. The molecule has 0 spiro atoms. The molecule has 0 unspecified atom stereocenters. The third-order valence-corrected chi connectivity index (χ3v) is 1.54. The Morgan fingerprint density at radius 2 is 1.92 bits per heavy atom. The van der Waals surface area contributed by atoms with Gasteiger partial charge in [-0.15, -0.1) is 0 Å². The van der Waals surface area contributed by atoms with Crippen molar-refractivity contribution >= 4 is 11.9 Å². The van der Waals surface area contributed by atoms with Gasteiger partial charge in [0.2, 0.25) is 5.91 Å². The molecule has 0 aromatic carbocycles. The van der Waals surface area contributed by atoms with Crippen LogP contribution in [0.2, 0.25) is 0 Å². The van der Waals surface area contributed by atoms with Crippen molar-refractivity contribution in [1.82, 2.24) is 10.6 Å². The topological polar surface area (TPSA) is 58.2 Å². The summed E-state index contributed by atoms with van der Waals surface area (Å²) in [6.45, 7) is 6.42. The smallest absolute Gasteiger partial charge is 0.321 e. The van der Waals surface area contributed by atoms with Crippen molar-refractivity contribution in [2.24, 2.45) is 5.92 Å². The van der Waals surface area contributed by atoms with Crippen LogP contribution in [0.25, 0.3) is 0 Å². The highest BCUT2D eigenvalue weighted by Crippen LogP contribution is 2.02. The fourth-order valence-electron chi connectivity index (χ4n) is 0.814. The predicted molar refractivity (Wildman–Crippen MR) is 51.3 cm³/mol. The second-order valence-corrected chi connectivity index (χ2v) is 3.34. The molecule has 4 nitrogen and oxygen atoms in total. The Morgan fingerprint density at radius 3 is 2.38 bits per heavy atom. The van der Waals surface area contributed by atoms with Gasteiger partial charge in [0.1, 0.15) is 0 Å². The molecule has 0 aromatic heterocycles. The number of urea groups is 1. The van der Waals surface area contributed by atoms with E-state index in [4.69, 9.17) is 0 Å². The average molecular weight is 186 g/mol. The Kier molecular flexibility index (Phi) is 5.93. The van der Waals surface area contributed by atoms with Gasteiger partial charge in [-0.3, -0.25) is 10.1 Å². The van der Waals surface area contributed by atoms with E-state index in [1.807, 2.05) is 13.8 Å². The van der Waals surface area contributed by atoms with Crippen molar-refractivity contribution in [2.75, 3.05) is 6.54 Å². The lowest BCUT2D eigenvalue weighted by Crippen LogP contribution is -2.39. The first kappa shape index (κ1) is 11.9. The van der Waals surface area contributed by atoms with Gasteiger partial charge in [0.25, 0.3) is 0 Å². The average Bonchev–Trinajstić information content (AvgIpc) is 2.01. The quantitative estimate of drug-likeness (QED) is 0.694. The Morgan fingerprint density at radius 1 is 1.31 bits per heavy atom. The molecule has 0 atom stereocenters. The molecule has 0 bridgehead atoms. The van der Waals surface area contributed by atoms with Gasteiger partial charge in [-0.1, -0.05) is 13.8 Å². The zero-order valence-electron chi connectivity index (χ0n) is 8.52. The summed E-state index contributed by atoms with van der Waals surface area (Å²) in [6, 6.07) is -0.406. The molecule has 4 heteroatoms. The molecule has 0 aliphatic carbocycles. The first-order chi connectivity index (χ1) is 6.06. The Hall–Kier alpha value is -1.06. The van der Waals surface area contributed by atoms with Gasteiger partial charge in [-0.2, -0.15) is 0 Å². The Labute approximate surface area is 79.1 Å². The van der Waals surface area contributed by atoms with Gasteiger partial charge >= 0.3 is 6.03 Å². The second kappa shape index (κ2) is 6.46. The molecule has 0 saturated heterocycles. The number of carbonyl (C=O) groups is 2. The third kappa shape index (κ3) is 7.31. The van der Waals surface area contributed by atoms with Crippen LogP contribution in [-0.4, -0.2) is 18.5 Å². The van der Waals surface area contributed by atoms with E-state index in [1.54, 1.807) is 6.92 Å². The molecule has 0 aliphatic rings. The van der Waals surface area contributed by atoms with Crippen LogP contribution in [0.5, 0.6) is 0 Å². The van der Waals surface area contributed by atoms with E-state index in [0.717, 1.165) is 6.42 Å². The lowest BCUT2D eigenvalue weighted by molar-refractivity contribution is -0.120. The van der Waals surface area contributed by atoms with Crippen LogP contribution in [0.15, 0.2) is 0 Å². The Balaban J connectivity index is 3.56. The number of imide groups is 1. The van der Waals surface area contributed by atoms with Crippen molar-refractivity contribution in [3.05, 3.63) is 0 Å². The molecule has 0 saturated carbocycles. The van der Waals surface area contributed by atoms with Crippen LogP contribution >= 0.6 is 0 Å². The fraction of sp³-hybridized carbons (Fsp3) is 0.778. The van der Waals surface area contributed by atoms with E-state index < -0.39 is 6.03 Å². The summed E-state index contributed by atoms with van der Waals surface area (Å²) in [5.41, 5.74) is 0. The molecular formula is C9H18N2O2. The zero-order chi connectivity index (χ0) is 10.3. The molecule has 76 valence electrons. The lowest BCUT2D eigenvalue weighted by Gasteiger charge is -2.05. The summed E-state index contributed by atoms with van der Waals surface area (Å²) < 4.78 is 0. The summed E-state index contributed by atoms with van der Waals surface area (Å²) in [5, 5.41) is 4.74. The van der Waals surface area contributed by atoms with Gasteiger partial charge < -0.3 is 5.32 Å². The molecular weight excluding hydrogens is 168 g/mol. The van der Waals surface area contributed by atoms with Crippen molar-refractivity contribution in [3.63, 3.8) is 0 Å². The van der Waals surface area contributed by atoms with Crippen molar-refractivity contribution in [1.29, 1.82) is 0 Å². The van der Waals surface area contributed by atoms with Crippen LogP contribution in [-0.2, 0) is 4.79 Å². The summed E-state index contributed by atoms with van der Waals surface area (Å²) in [4.78, 5) is 21.9. The number of nitrogens with one attached hydrogen (secondary N) is 2. The van der Waals surface area contributed by atoms with Crippen LogP contribution in [0.3, 0.4) is 0 Å². The van der Waals surface area contributed by atoms with Crippen molar-refractivity contribution in [2.45, 2.75) is 33.6 Å². The van der Waals surface area contributed by atoms with Gasteiger partial charge in [0.15, 0.2) is 0 Å². The number of rotatable bonds is 4. The standard InChI is InChI=1S/C9H18N2O2/c1-4-10-9(13)11-8(12)6-5-7(2)3/h7H,4-6H2,1-3H3,(H2,10,11,12,13). The normalized spacial score (nSPS) is 9.85. The Bertz CT molecular complexity index is 178. The number of hydrogen-bond donors (Lipinski definition) is 2. The van der Waals surface area contributed by atoms with Crippen LogP contribution < -0.4 is 10.6 Å². The third-order valence-electron chi connectivity index (χ3n) is 1.54. The molecule has 0 radical (unpaired) electrons. The molecule has 0 fully saturated rings. The molecule has 3 amide bonds. The van der Waals surface area contributed by atoms with Gasteiger partial charge in [0, 0.05) is 13.0 Å². The fourth-order valence-corrected chi connectivity index (χ4v) is 0.814. The highest BCUT2D eigenvalue weighted by molar-refractivity contribution is 5.94. The van der Waals surface area contributed by atoms with E-state index in [1.165, 1.54) is 0 Å². The minimum absolute atomic E-state index is 0.209. The zero-order valence-corrected chi connectivity index (χ0v) is 8.52. The number of hydrogen-bond acceptors (Lipinski definition) is 2. The highest BCUT2D eigenvalue weighted by Gasteiger charge is 2.06. The van der Waals surface area contributed by atoms with Gasteiger partial charge in [-0.05, 0) is 19.3 Å². The summed E-state index contributed by atoms with van der Waals surface area (Å²) >= 11 is 0. The minimum Gasteiger partial charge on any atom is -0.338 e. The van der Waals surface area contributed by atoms with Crippen molar-refractivity contribution in [3.8, 4) is 0 Å². The SMILES string of the molecule is CCNC(=O)NC(=O)CCC(C)C. The van der Waals surface area contributed by atoms with E-state index in [2.05, 4.69) is 10.6 Å². The molecule has 0 heterocycles. The summed E-state index contributed by atoms with van der Waals surface area (Å²) in [7, 11) is 0. The highest BCUT2D eigenvalue weighted by atomic mass is 16.2.